The number of ether oxygens (including phenoxy) is 2. The molecule has 0 bridgehead atoms. The van der Waals surface area contributed by atoms with Gasteiger partial charge in [-0.25, -0.2) is 4.79 Å². The Morgan fingerprint density at radius 2 is 1.88 bits per heavy atom. The van der Waals surface area contributed by atoms with Gasteiger partial charge in [0.05, 0.1) is 6.54 Å². The molecule has 0 unspecified atom stereocenters. The van der Waals surface area contributed by atoms with Crippen LogP contribution in [-0.2, 0) is 17.9 Å². The van der Waals surface area contributed by atoms with Crippen molar-refractivity contribution in [3.63, 3.8) is 0 Å². The van der Waals surface area contributed by atoms with E-state index in [1.165, 1.54) is 0 Å². The van der Waals surface area contributed by atoms with Gasteiger partial charge in [-0.1, -0.05) is 24.3 Å². The summed E-state index contributed by atoms with van der Waals surface area (Å²) in [7, 11) is 0. The second-order valence-corrected chi connectivity index (χ2v) is 9.71. The minimum Gasteiger partial charge on any atom is -0.454 e. The van der Waals surface area contributed by atoms with Gasteiger partial charge in [-0.15, -0.1) is 11.3 Å². The van der Waals surface area contributed by atoms with Crippen molar-refractivity contribution in [2.75, 3.05) is 18.7 Å². The van der Waals surface area contributed by atoms with Gasteiger partial charge in [0, 0.05) is 23.2 Å². The van der Waals surface area contributed by atoms with E-state index in [1.807, 2.05) is 66.9 Å². The number of aryl methyl sites for hydroxylation is 1. The number of carbonyl (C=O) groups is 2. The van der Waals surface area contributed by atoms with Crippen molar-refractivity contribution in [2.24, 2.45) is 0 Å². The number of carbonyl (C=O) groups excluding carboxylic acids is 2. The van der Waals surface area contributed by atoms with Crippen molar-refractivity contribution in [3.8, 4) is 11.5 Å². The van der Waals surface area contributed by atoms with Crippen LogP contribution >= 0.6 is 11.3 Å². The number of benzene rings is 2. The van der Waals surface area contributed by atoms with Crippen LogP contribution in [0.5, 0.6) is 11.5 Å². The number of thiophene rings is 1. The summed E-state index contributed by atoms with van der Waals surface area (Å²) in [6.07, 6.45) is 1.84. The molecule has 8 heteroatoms. The fraction of sp³-hybridized carbons (Fsp3) is 0.308. The number of hydrogen-bond donors (Lipinski definition) is 1. The maximum absolute atomic E-state index is 13.5. The van der Waals surface area contributed by atoms with Gasteiger partial charge in [-0.05, 0) is 66.6 Å². The van der Waals surface area contributed by atoms with Gasteiger partial charge in [-0.2, -0.15) is 0 Å². The highest BCUT2D eigenvalue weighted by atomic mass is 32.1. The van der Waals surface area contributed by atoms with Crippen molar-refractivity contribution in [3.05, 3.63) is 76.0 Å². The summed E-state index contributed by atoms with van der Waals surface area (Å²) in [4.78, 5) is 31.2. The molecule has 3 amide bonds. The van der Waals surface area contributed by atoms with Crippen LogP contribution in [0.15, 0.2) is 60.0 Å². The van der Waals surface area contributed by atoms with Crippen molar-refractivity contribution >= 4 is 29.0 Å². The van der Waals surface area contributed by atoms with E-state index in [9.17, 15) is 9.59 Å². The number of urea groups is 1. The topological polar surface area (TPSA) is 71.1 Å². The molecule has 1 fully saturated rings. The Hall–Kier alpha value is -3.52. The summed E-state index contributed by atoms with van der Waals surface area (Å²) in [6, 6.07) is 17.3. The maximum Gasteiger partial charge on any atom is 0.322 e. The predicted molar refractivity (Wildman–Crippen MR) is 131 cm³/mol. The zero-order valence-corrected chi connectivity index (χ0v) is 19.8. The molecule has 1 aromatic heterocycles. The molecular weight excluding hydrogens is 450 g/mol. The van der Waals surface area contributed by atoms with E-state index in [0.717, 1.165) is 34.5 Å². The van der Waals surface area contributed by atoms with Crippen molar-refractivity contribution in [1.82, 2.24) is 9.80 Å². The van der Waals surface area contributed by atoms with Gasteiger partial charge in [0.15, 0.2) is 11.5 Å². The SMILES string of the molecule is Cc1cccc(NC(=O)N(CC(=O)N(Cc2ccc3c(c2)OCO3)Cc2cccs2)C2CC2)c1. The fourth-order valence-corrected chi connectivity index (χ4v) is 4.72. The van der Waals surface area contributed by atoms with E-state index in [1.54, 1.807) is 21.1 Å². The first-order valence-corrected chi connectivity index (χ1v) is 12.3. The number of hydrogen-bond acceptors (Lipinski definition) is 5. The van der Waals surface area contributed by atoms with E-state index in [4.69, 9.17) is 9.47 Å². The molecular formula is C26H27N3O4S. The highest BCUT2D eigenvalue weighted by Gasteiger charge is 2.35. The quantitative estimate of drug-likeness (QED) is 0.495. The minimum atomic E-state index is -0.236. The summed E-state index contributed by atoms with van der Waals surface area (Å²) in [5.74, 6) is 1.32. The second kappa shape index (κ2) is 9.77. The van der Waals surface area contributed by atoms with Crippen LogP contribution < -0.4 is 14.8 Å². The lowest BCUT2D eigenvalue weighted by Crippen LogP contribution is -2.45. The van der Waals surface area contributed by atoms with Crippen molar-refractivity contribution in [2.45, 2.75) is 38.9 Å². The third-order valence-electron chi connectivity index (χ3n) is 5.91. The largest absolute Gasteiger partial charge is 0.454 e. The van der Waals surface area contributed by atoms with E-state index >= 15 is 0 Å². The van der Waals surface area contributed by atoms with Crippen molar-refractivity contribution < 1.29 is 19.1 Å². The molecule has 176 valence electrons. The lowest BCUT2D eigenvalue weighted by molar-refractivity contribution is -0.133. The number of nitrogens with zero attached hydrogens (tertiary/aromatic N) is 2. The molecule has 5 rings (SSSR count). The van der Waals surface area contributed by atoms with Gasteiger partial charge < -0.3 is 24.6 Å². The molecule has 2 aromatic carbocycles. The highest BCUT2D eigenvalue weighted by molar-refractivity contribution is 7.09. The van der Waals surface area contributed by atoms with Crippen LogP contribution in [-0.4, -0.2) is 41.1 Å². The molecule has 34 heavy (non-hydrogen) atoms. The smallest absolute Gasteiger partial charge is 0.322 e. The van der Waals surface area contributed by atoms with E-state index in [2.05, 4.69) is 5.32 Å². The molecule has 0 radical (unpaired) electrons. The molecule has 2 aliphatic rings. The third kappa shape index (κ3) is 5.34. The summed E-state index contributed by atoms with van der Waals surface area (Å²) < 4.78 is 10.9. The molecule has 1 N–H and O–H groups in total. The molecule has 0 spiro atoms. The number of amides is 3. The van der Waals surface area contributed by atoms with Gasteiger partial charge in [-0.3, -0.25) is 4.79 Å². The second-order valence-electron chi connectivity index (χ2n) is 8.68. The van der Waals surface area contributed by atoms with Gasteiger partial charge >= 0.3 is 6.03 Å². The normalized spacial score (nSPS) is 14.0. The van der Waals surface area contributed by atoms with Gasteiger partial charge in [0.25, 0.3) is 0 Å². The maximum atomic E-state index is 13.5. The molecule has 7 nitrogen and oxygen atoms in total. The monoisotopic (exact) mass is 477 g/mol. The Bertz CT molecular complexity index is 1180. The zero-order valence-electron chi connectivity index (χ0n) is 19.0. The third-order valence-corrected chi connectivity index (χ3v) is 6.77. The number of rotatable bonds is 8. The highest BCUT2D eigenvalue weighted by Crippen LogP contribution is 2.33. The lowest BCUT2D eigenvalue weighted by atomic mass is 10.2. The summed E-state index contributed by atoms with van der Waals surface area (Å²) in [6.45, 7) is 3.14. The molecule has 1 saturated carbocycles. The molecule has 1 aliphatic carbocycles. The van der Waals surface area contributed by atoms with E-state index in [-0.39, 0.29) is 31.3 Å². The predicted octanol–water partition coefficient (Wildman–Crippen LogP) is 5.01. The number of anilines is 1. The van der Waals surface area contributed by atoms with Crippen LogP contribution in [0.2, 0.25) is 0 Å². The molecule has 0 atom stereocenters. The summed E-state index contributed by atoms with van der Waals surface area (Å²) in [5, 5.41) is 4.96. The van der Waals surface area contributed by atoms with E-state index < -0.39 is 0 Å². The lowest BCUT2D eigenvalue weighted by Gasteiger charge is -2.28. The first-order valence-electron chi connectivity index (χ1n) is 11.4. The molecule has 0 saturated heterocycles. The van der Waals surface area contributed by atoms with Crippen molar-refractivity contribution in [1.29, 1.82) is 0 Å². The van der Waals surface area contributed by atoms with Gasteiger partial charge in [0.1, 0.15) is 6.54 Å². The Morgan fingerprint density at radius 3 is 2.65 bits per heavy atom. The Balaban J connectivity index is 1.31. The number of nitrogens with one attached hydrogen (secondary N) is 1. The minimum absolute atomic E-state index is 0.0399. The summed E-state index contributed by atoms with van der Waals surface area (Å²) >= 11 is 1.61. The first-order chi connectivity index (χ1) is 16.5. The molecule has 2 heterocycles. The first kappa shape index (κ1) is 22.3. The van der Waals surface area contributed by atoms with Gasteiger partial charge in [0.2, 0.25) is 12.7 Å². The summed E-state index contributed by atoms with van der Waals surface area (Å²) in [5.41, 5.74) is 2.76. The molecule has 1 aliphatic heterocycles. The Morgan fingerprint density at radius 1 is 1.03 bits per heavy atom. The number of fused-ring (bicyclic) bond motifs is 1. The standard InChI is InChI=1S/C26H27N3O4S/c1-18-4-2-5-20(12-18)27-26(31)29(21-8-9-21)16-25(30)28(15-22-6-3-11-34-22)14-19-7-10-23-24(13-19)33-17-32-23/h2-7,10-13,21H,8-9,14-17H2,1H3,(H,27,31). The van der Waals surface area contributed by atoms with E-state index in [0.29, 0.717) is 24.6 Å². The fourth-order valence-electron chi connectivity index (χ4n) is 4.00. The van der Waals surface area contributed by atoms with Crippen LogP contribution in [0.3, 0.4) is 0 Å². The Labute approximate surface area is 202 Å². The van der Waals surface area contributed by atoms with Crippen LogP contribution in [0, 0.1) is 6.92 Å². The van der Waals surface area contributed by atoms with Crippen LogP contribution in [0.1, 0.15) is 28.8 Å². The average Bonchev–Trinajstić information content (AvgIpc) is 3.32. The molecule has 3 aromatic rings. The van der Waals surface area contributed by atoms with Crippen LogP contribution in [0.4, 0.5) is 10.5 Å². The zero-order chi connectivity index (χ0) is 23.5. The Kier molecular flexibility index (Phi) is 6.40. The average molecular weight is 478 g/mol. The van der Waals surface area contributed by atoms with Crippen LogP contribution in [0.25, 0.3) is 0 Å².